The predicted octanol–water partition coefficient (Wildman–Crippen LogP) is 0.808. The van der Waals surface area contributed by atoms with E-state index in [2.05, 4.69) is 5.32 Å². The second-order valence-corrected chi connectivity index (χ2v) is 8.79. The maximum Gasteiger partial charge on any atom is 0.156 e. The molecular weight excluding hydrogens is 226 g/mol. The van der Waals surface area contributed by atoms with Crippen LogP contribution < -0.4 is 5.32 Å². The quantitative estimate of drug-likeness (QED) is 0.686. The third kappa shape index (κ3) is 5.27. The van der Waals surface area contributed by atoms with Crippen LogP contribution in [0.3, 0.4) is 0 Å². The second kappa shape index (κ2) is 5.47. The van der Waals surface area contributed by atoms with Gasteiger partial charge in [0.1, 0.15) is 0 Å². The van der Waals surface area contributed by atoms with Gasteiger partial charge in [-0.1, -0.05) is 13.8 Å². The Kier molecular flexibility index (Phi) is 5.42. The summed E-state index contributed by atoms with van der Waals surface area (Å²) in [5.74, 6) is 0.137. The van der Waals surface area contributed by atoms with E-state index in [0.717, 1.165) is 0 Å². The Bertz CT molecular complexity index is 302. The molecule has 16 heavy (non-hydrogen) atoms. The van der Waals surface area contributed by atoms with E-state index < -0.39 is 14.6 Å². The van der Waals surface area contributed by atoms with Gasteiger partial charge in [0.05, 0.1) is 10.5 Å². The summed E-state index contributed by atoms with van der Waals surface area (Å²) in [6.45, 7) is 10.1. The predicted molar refractivity (Wildman–Crippen MR) is 67.3 cm³/mol. The van der Waals surface area contributed by atoms with Crippen molar-refractivity contribution in [2.75, 3.05) is 25.4 Å². The van der Waals surface area contributed by atoms with Crippen molar-refractivity contribution >= 4 is 9.84 Å². The van der Waals surface area contributed by atoms with Gasteiger partial charge in [0, 0.05) is 25.1 Å². The highest BCUT2D eigenvalue weighted by atomic mass is 32.2. The Morgan fingerprint density at radius 2 is 1.62 bits per heavy atom. The first-order chi connectivity index (χ1) is 7.02. The average molecular weight is 251 g/mol. The van der Waals surface area contributed by atoms with E-state index in [-0.39, 0.29) is 17.8 Å². The second-order valence-electron chi connectivity index (χ2n) is 5.93. The van der Waals surface area contributed by atoms with Gasteiger partial charge in [-0.05, 0) is 20.8 Å². The smallest absolute Gasteiger partial charge is 0.156 e. The van der Waals surface area contributed by atoms with Gasteiger partial charge in [0.15, 0.2) is 9.84 Å². The molecule has 0 aliphatic carbocycles. The number of aliphatic hydroxyl groups excluding tert-OH is 1. The van der Waals surface area contributed by atoms with Crippen LogP contribution in [-0.4, -0.2) is 43.7 Å². The molecule has 0 aliphatic rings. The van der Waals surface area contributed by atoms with Crippen molar-refractivity contribution in [3.05, 3.63) is 0 Å². The first kappa shape index (κ1) is 15.9. The minimum Gasteiger partial charge on any atom is -0.396 e. The summed E-state index contributed by atoms with van der Waals surface area (Å²) in [7, 11) is -3.05. The van der Waals surface area contributed by atoms with Gasteiger partial charge >= 0.3 is 0 Å². The molecule has 0 spiro atoms. The molecule has 5 heteroatoms. The van der Waals surface area contributed by atoms with Crippen LogP contribution in [0.15, 0.2) is 0 Å². The van der Waals surface area contributed by atoms with E-state index in [9.17, 15) is 8.42 Å². The molecule has 0 bridgehead atoms. The van der Waals surface area contributed by atoms with Gasteiger partial charge in [-0.25, -0.2) is 8.42 Å². The largest absolute Gasteiger partial charge is 0.396 e. The molecule has 98 valence electrons. The number of rotatable bonds is 6. The summed E-state index contributed by atoms with van der Waals surface area (Å²) < 4.78 is 22.8. The normalized spacial score (nSPS) is 14.1. The summed E-state index contributed by atoms with van der Waals surface area (Å²) in [6, 6.07) is 0. The summed E-state index contributed by atoms with van der Waals surface area (Å²) in [6.07, 6.45) is 0. The Morgan fingerprint density at radius 3 is 2.00 bits per heavy atom. The van der Waals surface area contributed by atoms with Crippen LogP contribution in [-0.2, 0) is 9.84 Å². The van der Waals surface area contributed by atoms with Crippen molar-refractivity contribution in [2.45, 2.75) is 39.4 Å². The lowest BCUT2D eigenvalue weighted by Gasteiger charge is -2.23. The van der Waals surface area contributed by atoms with E-state index in [1.165, 1.54) is 0 Å². The molecule has 0 saturated heterocycles. The number of sulfone groups is 1. The van der Waals surface area contributed by atoms with Crippen molar-refractivity contribution in [2.24, 2.45) is 5.41 Å². The van der Waals surface area contributed by atoms with Crippen LogP contribution >= 0.6 is 0 Å². The molecule has 0 unspecified atom stereocenters. The number of nitrogens with one attached hydrogen (secondary N) is 1. The Balaban J connectivity index is 4.03. The van der Waals surface area contributed by atoms with Crippen LogP contribution in [0.2, 0.25) is 0 Å². The molecule has 4 nitrogen and oxygen atoms in total. The molecule has 0 aliphatic heterocycles. The first-order valence-corrected chi connectivity index (χ1v) is 7.21. The maximum absolute atomic E-state index is 11.8. The van der Waals surface area contributed by atoms with Crippen LogP contribution in [0.1, 0.15) is 34.6 Å². The fraction of sp³-hybridized carbons (Fsp3) is 1.00. The lowest BCUT2D eigenvalue weighted by molar-refractivity contribution is 0.158. The molecule has 0 atom stereocenters. The van der Waals surface area contributed by atoms with E-state index in [1.807, 2.05) is 13.8 Å². The fourth-order valence-electron chi connectivity index (χ4n) is 0.995. The van der Waals surface area contributed by atoms with E-state index in [0.29, 0.717) is 13.1 Å². The highest BCUT2D eigenvalue weighted by Gasteiger charge is 2.28. The van der Waals surface area contributed by atoms with Crippen LogP contribution in [0.25, 0.3) is 0 Å². The molecule has 0 radical (unpaired) electrons. The molecule has 0 saturated carbocycles. The molecule has 0 aromatic rings. The van der Waals surface area contributed by atoms with Crippen molar-refractivity contribution in [1.82, 2.24) is 5.32 Å². The summed E-state index contributed by atoms with van der Waals surface area (Å²) in [4.78, 5) is 0. The van der Waals surface area contributed by atoms with Crippen LogP contribution in [0.4, 0.5) is 0 Å². The molecule has 0 heterocycles. The maximum atomic E-state index is 11.8. The van der Waals surface area contributed by atoms with Gasteiger partial charge in [0.25, 0.3) is 0 Å². The summed E-state index contributed by atoms with van der Waals surface area (Å²) in [5, 5.41) is 12.1. The Morgan fingerprint density at radius 1 is 1.12 bits per heavy atom. The fourth-order valence-corrected chi connectivity index (χ4v) is 2.02. The van der Waals surface area contributed by atoms with Gasteiger partial charge in [-0.15, -0.1) is 0 Å². The molecule has 0 amide bonds. The number of hydrogen-bond donors (Lipinski definition) is 2. The van der Waals surface area contributed by atoms with Crippen LogP contribution in [0, 0.1) is 5.41 Å². The van der Waals surface area contributed by atoms with E-state index in [4.69, 9.17) is 5.11 Å². The van der Waals surface area contributed by atoms with Gasteiger partial charge in [-0.3, -0.25) is 0 Å². The third-order valence-electron chi connectivity index (χ3n) is 2.51. The van der Waals surface area contributed by atoms with Gasteiger partial charge in [-0.2, -0.15) is 0 Å². The zero-order chi connectivity index (χ0) is 13.0. The molecular formula is C11H25NO3S. The zero-order valence-electron chi connectivity index (χ0n) is 11.0. The minimum atomic E-state index is -3.05. The van der Waals surface area contributed by atoms with E-state index in [1.54, 1.807) is 20.8 Å². The Labute approximate surface area is 99.4 Å². The topological polar surface area (TPSA) is 66.4 Å². The SMILES string of the molecule is CC(C)(CO)CNCCS(=O)(=O)C(C)(C)C. The zero-order valence-corrected chi connectivity index (χ0v) is 11.8. The number of aliphatic hydroxyl groups is 1. The Hall–Kier alpha value is -0.130. The van der Waals surface area contributed by atoms with Crippen molar-refractivity contribution in [3.63, 3.8) is 0 Å². The van der Waals surface area contributed by atoms with Gasteiger partial charge < -0.3 is 10.4 Å². The number of hydrogen-bond acceptors (Lipinski definition) is 4. The standard InChI is InChI=1S/C11H25NO3S/c1-10(2,3)16(14,15)7-6-12-8-11(4,5)9-13/h12-13H,6-9H2,1-5H3. The van der Waals surface area contributed by atoms with Crippen LogP contribution in [0.5, 0.6) is 0 Å². The first-order valence-electron chi connectivity index (χ1n) is 5.56. The summed E-state index contributed by atoms with van der Waals surface area (Å²) in [5.41, 5.74) is -0.203. The molecule has 0 fully saturated rings. The summed E-state index contributed by atoms with van der Waals surface area (Å²) >= 11 is 0. The monoisotopic (exact) mass is 251 g/mol. The third-order valence-corrected chi connectivity index (χ3v) is 5.12. The minimum absolute atomic E-state index is 0.0893. The average Bonchev–Trinajstić information content (AvgIpc) is 2.11. The molecule has 2 N–H and O–H groups in total. The van der Waals surface area contributed by atoms with Crippen molar-refractivity contribution in [3.8, 4) is 0 Å². The molecule has 0 aromatic heterocycles. The highest BCUT2D eigenvalue weighted by molar-refractivity contribution is 7.92. The van der Waals surface area contributed by atoms with Gasteiger partial charge in [0.2, 0.25) is 0 Å². The van der Waals surface area contributed by atoms with Crippen molar-refractivity contribution < 1.29 is 13.5 Å². The molecule has 0 aromatic carbocycles. The van der Waals surface area contributed by atoms with E-state index >= 15 is 0 Å². The lowest BCUT2D eigenvalue weighted by atomic mass is 9.95. The lowest BCUT2D eigenvalue weighted by Crippen LogP contribution is -2.38. The highest BCUT2D eigenvalue weighted by Crippen LogP contribution is 2.15. The van der Waals surface area contributed by atoms with Crippen molar-refractivity contribution in [1.29, 1.82) is 0 Å². The molecule has 0 rings (SSSR count).